The van der Waals surface area contributed by atoms with Crippen molar-refractivity contribution in [2.45, 2.75) is 46.2 Å². The van der Waals surface area contributed by atoms with E-state index in [0.717, 1.165) is 11.4 Å². The molecule has 6 heteroatoms. The number of nitrogens with one attached hydrogen (secondary N) is 1. The Balaban J connectivity index is 1.97. The topological polar surface area (TPSA) is 50.2 Å². The molecule has 1 aromatic carbocycles. The van der Waals surface area contributed by atoms with Gasteiger partial charge in [0.2, 0.25) is 5.91 Å². The Bertz CT molecular complexity index is 752. The Kier molecular flexibility index (Phi) is 6.84. The number of aromatic nitrogens is 2. The van der Waals surface area contributed by atoms with E-state index in [1.54, 1.807) is 0 Å². The van der Waals surface area contributed by atoms with Crippen LogP contribution >= 0.6 is 11.6 Å². The number of carbonyl (C=O) groups excluding carboxylic acids is 1. The van der Waals surface area contributed by atoms with Crippen molar-refractivity contribution in [3.05, 3.63) is 51.8 Å². The van der Waals surface area contributed by atoms with E-state index in [2.05, 4.69) is 46.5 Å². The maximum atomic E-state index is 12.4. The first kappa shape index (κ1) is 20.5. The molecule has 0 saturated heterocycles. The van der Waals surface area contributed by atoms with Crippen LogP contribution in [0.25, 0.3) is 0 Å². The van der Waals surface area contributed by atoms with Gasteiger partial charge in [-0.05, 0) is 47.4 Å². The standard InChI is InChI=1S/C20H29ClN4O/c1-13-7-9-17(10-8-13)18(24(5)6)12-22-19(26)11-14(2)25-16(4)20(21)15(3)23-25/h7-10,14,18H,11-12H2,1-6H3,(H,22,26). The van der Waals surface area contributed by atoms with Crippen molar-refractivity contribution in [2.24, 2.45) is 0 Å². The number of nitrogens with zero attached hydrogens (tertiary/aromatic N) is 3. The number of likely N-dealkylation sites (N-methyl/N-ethyl adjacent to an activating group) is 1. The van der Waals surface area contributed by atoms with Gasteiger partial charge >= 0.3 is 0 Å². The van der Waals surface area contributed by atoms with Gasteiger partial charge in [-0.2, -0.15) is 5.10 Å². The molecule has 0 aliphatic rings. The second-order valence-electron chi connectivity index (χ2n) is 7.18. The third-order valence-electron chi connectivity index (χ3n) is 4.71. The quantitative estimate of drug-likeness (QED) is 0.798. The first-order valence-electron chi connectivity index (χ1n) is 8.91. The molecule has 1 amide bonds. The van der Waals surface area contributed by atoms with Crippen LogP contribution in [0, 0.1) is 20.8 Å². The fourth-order valence-electron chi connectivity index (χ4n) is 3.10. The minimum Gasteiger partial charge on any atom is -0.354 e. The van der Waals surface area contributed by atoms with Crippen LogP contribution in [0.2, 0.25) is 5.02 Å². The van der Waals surface area contributed by atoms with Crippen LogP contribution in [0.15, 0.2) is 24.3 Å². The molecular formula is C20H29ClN4O. The van der Waals surface area contributed by atoms with Gasteiger partial charge in [0.05, 0.1) is 28.5 Å². The summed E-state index contributed by atoms with van der Waals surface area (Å²) < 4.78 is 1.83. The van der Waals surface area contributed by atoms with E-state index in [9.17, 15) is 4.79 Å². The number of aryl methyl sites for hydroxylation is 2. The third-order valence-corrected chi connectivity index (χ3v) is 5.26. The Morgan fingerprint density at radius 1 is 1.23 bits per heavy atom. The predicted octanol–water partition coefficient (Wildman–Crippen LogP) is 3.83. The van der Waals surface area contributed by atoms with Crippen molar-refractivity contribution in [3.63, 3.8) is 0 Å². The zero-order valence-electron chi connectivity index (χ0n) is 16.5. The summed E-state index contributed by atoms with van der Waals surface area (Å²) >= 11 is 6.21. The van der Waals surface area contributed by atoms with Crippen molar-refractivity contribution < 1.29 is 4.79 Å². The molecule has 2 atom stereocenters. The number of carbonyl (C=O) groups is 1. The summed E-state index contributed by atoms with van der Waals surface area (Å²) in [7, 11) is 4.05. The molecule has 142 valence electrons. The molecule has 0 radical (unpaired) electrons. The van der Waals surface area contributed by atoms with Gasteiger partial charge in [-0.1, -0.05) is 41.4 Å². The van der Waals surface area contributed by atoms with Gasteiger partial charge in [-0.25, -0.2) is 0 Å². The van der Waals surface area contributed by atoms with Crippen molar-refractivity contribution in [1.82, 2.24) is 20.0 Å². The van der Waals surface area contributed by atoms with Crippen LogP contribution < -0.4 is 5.32 Å². The van der Waals surface area contributed by atoms with Crippen LogP contribution in [0.3, 0.4) is 0 Å². The van der Waals surface area contributed by atoms with E-state index in [1.165, 1.54) is 11.1 Å². The van der Waals surface area contributed by atoms with Crippen LogP contribution in [-0.4, -0.2) is 41.2 Å². The monoisotopic (exact) mass is 376 g/mol. The van der Waals surface area contributed by atoms with E-state index >= 15 is 0 Å². The smallest absolute Gasteiger partial charge is 0.222 e. The maximum Gasteiger partial charge on any atom is 0.222 e. The van der Waals surface area contributed by atoms with Crippen LogP contribution in [0.4, 0.5) is 0 Å². The molecular weight excluding hydrogens is 348 g/mol. The average Bonchev–Trinajstić information content (AvgIpc) is 2.84. The lowest BCUT2D eigenvalue weighted by Crippen LogP contribution is -2.35. The fourth-order valence-corrected chi connectivity index (χ4v) is 3.22. The zero-order chi connectivity index (χ0) is 19.4. The van der Waals surface area contributed by atoms with Gasteiger partial charge in [0.15, 0.2) is 0 Å². The Morgan fingerprint density at radius 2 is 1.85 bits per heavy atom. The van der Waals surface area contributed by atoms with Crippen molar-refractivity contribution in [3.8, 4) is 0 Å². The minimum absolute atomic E-state index is 0.0140. The van der Waals surface area contributed by atoms with E-state index in [-0.39, 0.29) is 18.0 Å². The lowest BCUT2D eigenvalue weighted by atomic mass is 10.0. The molecule has 2 unspecified atom stereocenters. The lowest BCUT2D eigenvalue weighted by Gasteiger charge is -2.25. The number of hydrogen-bond donors (Lipinski definition) is 1. The molecule has 0 spiro atoms. The second kappa shape index (κ2) is 8.69. The summed E-state index contributed by atoms with van der Waals surface area (Å²) in [5, 5.41) is 8.17. The van der Waals surface area contributed by atoms with Crippen molar-refractivity contribution in [2.75, 3.05) is 20.6 Å². The van der Waals surface area contributed by atoms with E-state index in [0.29, 0.717) is 18.0 Å². The first-order chi connectivity index (χ1) is 12.2. The molecule has 26 heavy (non-hydrogen) atoms. The minimum atomic E-state index is -0.0432. The van der Waals surface area contributed by atoms with Gasteiger partial charge in [-0.3, -0.25) is 9.48 Å². The number of amides is 1. The maximum absolute atomic E-state index is 12.4. The number of halogens is 1. The molecule has 2 rings (SSSR count). The molecule has 0 aliphatic heterocycles. The highest BCUT2D eigenvalue weighted by molar-refractivity contribution is 6.31. The van der Waals surface area contributed by atoms with Gasteiger partial charge in [0.1, 0.15) is 0 Å². The highest BCUT2D eigenvalue weighted by atomic mass is 35.5. The lowest BCUT2D eigenvalue weighted by molar-refractivity contribution is -0.122. The van der Waals surface area contributed by atoms with E-state index in [4.69, 9.17) is 11.6 Å². The SMILES string of the molecule is Cc1ccc(C(CNC(=O)CC(C)n2nc(C)c(Cl)c2C)N(C)C)cc1. The Hall–Kier alpha value is -1.85. The summed E-state index contributed by atoms with van der Waals surface area (Å²) in [4.78, 5) is 14.6. The van der Waals surface area contributed by atoms with Gasteiger partial charge in [0, 0.05) is 13.0 Å². The molecule has 0 saturated carbocycles. The molecule has 0 aliphatic carbocycles. The van der Waals surface area contributed by atoms with Gasteiger partial charge < -0.3 is 10.2 Å². The summed E-state index contributed by atoms with van der Waals surface area (Å²) in [5.74, 6) is 0.0140. The molecule has 1 N–H and O–H groups in total. The molecule has 2 aromatic rings. The Labute approximate surface area is 161 Å². The predicted molar refractivity (Wildman–Crippen MR) is 107 cm³/mol. The number of hydrogen-bond acceptors (Lipinski definition) is 3. The molecule has 1 heterocycles. The molecule has 0 fully saturated rings. The highest BCUT2D eigenvalue weighted by Gasteiger charge is 2.19. The van der Waals surface area contributed by atoms with Crippen molar-refractivity contribution >= 4 is 17.5 Å². The van der Waals surface area contributed by atoms with E-state index < -0.39 is 0 Å². The summed E-state index contributed by atoms with van der Waals surface area (Å²) in [6, 6.07) is 8.53. The highest BCUT2D eigenvalue weighted by Crippen LogP contribution is 2.23. The van der Waals surface area contributed by atoms with E-state index in [1.807, 2.05) is 39.5 Å². The molecule has 1 aromatic heterocycles. The zero-order valence-corrected chi connectivity index (χ0v) is 17.3. The molecule has 5 nitrogen and oxygen atoms in total. The van der Waals surface area contributed by atoms with Crippen LogP contribution in [0.1, 0.15) is 47.9 Å². The number of benzene rings is 1. The Morgan fingerprint density at radius 3 is 2.35 bits per heavy atom. The normalized spacial score (nSPS) is 13.7. The second-order valence-corrected chi connectivity index (χ2v) is 7.55. The summed E-state index contributed by atoms with van der Waals surface area (Å²) in [6.07, 6.45) is 0.367. The molecule has 0 bridgehead atoms. The van der Waals surface area contributed by atoms with Crippen LogP contribution in [-0.2, 0) is 4.79 Å². The third kappa shape index (κ3) is 4.86. The largest absolute Gasteiger partial charge is 0.354 e. The summed E-state index contributed by atoms with van der Waals surface area (Å²) in [5.41, 5.74) is 4.12. The number of rotatable bonds is 7. The van der Waals surface area contributed by atoms with Crippen LogP contribution in [0.5, 0.6) is 0 Å². The van der Waals surface area contributed by atoms with Gasteiger partial charge in [0.25, 0.3) is 0 Å². The average molecular weight is 377 g/mol. The summed E-state index contributed by atoms with van der Waals surface area (Å²) in [6.45, 7) is 8.43. The fraction of sp³-hybridized carbons (Fsp3) is 0.500. The first-order valence-corrected chi connectivity index (χ1v) is 9.29. The van der Waals surface area contributed by atoms with Gasteiger partial charge in [-0.15, -0.1) is 0 Å². The van der Waals surface area contributed by atoms with Crippen molar-refractivity contribution in [1.29, 1.82) is 0 Å².